The molecule has 0 aliphatic heterocycles. The number of aryl methyl sites for hydroxylation is 3. The van der Waals surface area contributed by atoms with Crippen LogP contribution in [0.4, 0.5) is 0 Å². The molecule has 2 aromatic heterocycles. The van der Waals surface area contributed by atoms with Crippen LogP contribution >= 0.6 is 0 Å². The molecule has 2 heterocycles. The summed E-state index contributed by atoms with van der Waals surface area (Å²) in [7, 11) is 3.67. The first-order chi connectivity index (χ1) is 8.60. The first-order valence-corrected chi connectivity index (χ1v) is 5.81. The molecule has 2 aromatic rings. The molecular formula is C11H17N7. The average molecular weight is 247 g/mol. The third kappa shape index (κ3) is 2.67. The van der Waals surface area contributed by atoms with Crippen molar-refractivity contribution in [2.75, 3.05) is 7.05 Å². The van der Waals surface area contributed by atoms with Crippen LogP contribution in [-0.2, 0) is 13.5 Å². The van der Waals surface area contributed by atoms with Crippen molar-refractivity contribution in [1.29, 1.82) is 0 Å². The van der Waals surface area contributed by atoms with Gasteiger partial charge in [0.05, 0.1) is 18.4 Å². The van der Waals surface area contributed by atoms with Crippen molar-refractivity contribution in [3.8, 4) is 0 Å². The molecule has 0 aliphatic rings. The van der Waals surface area contributed by atoms with Crippen molar-refractivity contribution in [2.45, 2.75) is 26.3 Å². The summed E-state index contributed by atoms with van der Waals surface area (Å²) >= 11 is 0. The minimum atomic E-state index is 0.114. The van der Waals surface area contributed by atoms with E-state index in [4.69, 9.17) is 0 Å². The van der Waals surface area contributed by atoms with Gasteiger partial charge in [0.2, 0.25) is 0 Å². The van der Waals surface area contributed by atoms with Gasteiger partial charge in [0.1, 0.15) is 0 Å². The largest absolute Gasteiger partial charge is 0.313 e. The van der Waals surface area contributed by atoms with Gasteiger partial charge in [-0.15, -0.1) is 10.2 Å². The quantitative estimate of drug-likeness (QED) is 0.826. The Kier molecular flexibility index (Phi) is 3.61. The zero-order chi connectivity index (χ0) is 13.1. The van der Waals surface area contributed by atoms with Crippen molar-refractivity contribution in [1.82, 2.24) is 35.7 Å². The van der Waals surface area contributed by atoms with E-state index >= 15 is 0 Å². The predicted molar refractivity (Wildman–Crippen MR) is 65.8 cm³/mol. The predicted octanol–water partition coefficient (Wildman–Crippen LogP) is 0.120. The van der Waals surface area contributed by atoms with Gasteiger partial charge in [0.15, 0.2) is 5.82 Å². The molecule has 0 amide bonds. The van der Waals surface area contributed by atoms with E-state index in [0.29, 0.717) is 12.2 Å². The van der Waals surface area contributed by atoms with E-state index in [1.165, 1.54) is 4.80 Å². The highest BCUT2D eigenvalue weighted by atomic mass is 15.6. The zero-order valence-electron chi connectivity index (χ0n) is 11.0. The van der Waals surface area contributed by atoms with Crippen LogP contribution in [0.5, 0.6) is 0 Å². The molecule has 7 heteroatoms. The van der Waals surface area contributed by atoms with Crippen LogP contribution in [0.15, 0.2) is 6.07 Å². The molecule has 7 nitrogen and oxygen atoms in total. The normalized spacial score (nSPS) is 12.7. The molecule has 1 unspecified atom stereocenters. The minimum Gasteiger partial charge on any atom is -0.313 e. The Hall–Kier alpha value is -1.89. The molecule has 0 spiro atoms. The van der Waals surface area contributed by atoms with Gasteiger partial charge in [-0.25, -0.2) is 0 Å². The SMILES string of the molecule is CNC(Cc1nnn(C)n1)c1cc(C)nnc1C. The molecule has 96 valence electrons. The molecule has 0 saturated heterocycles. The lowest BCUT2D eigenvalue weighted by Crippen LogP contribution is -2.21. The number of aromatic nitrogens is 6. The Balaban J connectivity index is 2.25. The third-order valence-electron chi connectivity index (χ3n) is 2.80. The molecule has 0 aromatic carbocycles. The fourth-order valence-corrected chi connectivity index (χ4v) is 1.88. The average Bonchev–Trinajstić information content (AvgIpc) is 2.75. The van der Waals surface area contributed by atoms with Crippen LogP contribution in [-0.4, -0.2) is 37.5 Å². The Bertz CT molecular complexity index is 534. The van der Waals surface area contributed by atoms with E-state index < -0.39 is 0 Å². The van der Waals surface area contributed by atoms with Gasteiger partial charge in [-0.2, -0.15) is 15.0 Å². The summed E-state index contributed by atoms with van der Waals surface area (Å²) in [6, 6.07) is 2.16. The molecule has 0 fully saturated rings. The van der Waals surface area contributed by atoms with E-state index in [0.717, 1.165) is 17.0 Å². The Morgan fingerprint density at radius 2 is 2.06 bits per heavy atom. The molecular weight excluding hydrogens is 230 g/mol. The second-order valence-electron chi connectivity index (χ2n) is 4.27. The van der Waals surface area contributed by atoms with E-state index in [2.05, 4.69) is 30.9 Å². The number of hydrogen-bond acceptors (Lipinski definition) is 6. The van der Waals surface area contributed by atoms with Crippen molar-refractivity contribution in [3.05, 3.63) is 28.8 Å². The smallest absolute Gasteiger partial charge is 0.176 e. The van der Waals surface area contributed by atoms with Gasteiger partial charge in [0, 0.05) is 12.5 Å². The van der Waals surface area contributed by atoms with Gasteiger partial charge in [-0.05, 0) is 37.7 Å². The fraction of sp³-hybridized carbons (Fsp3) is 0.545. The third-order valence-corrected chi connectivity index (χ3v) is 2.80. The summed E-state index contributed by atoms with van der Waals surface area (Å²) < 4.78 is 0. The highest BCUT2D eigenvalue weighted by molar-refractivity contribution is 5.24. The highest BCUT2D eigenvalue weighted by Gasteiger charge is 2.16. The van der Waals surface area contributed by atoms with Crippen LogP contribution in [0, 0.1) is 13.8 Å². The Labute approximate surface area is 106 Å². The standard InChI is InChI=1S/C11H17N7/c1-7-5-9(8(2)14-13-7)10(12-3)6-11-15-17-18(4)16-11/h5,10,12H,6H2,1-4H3. The molecule has 0 saturated carbocycles. The number of rotatable bonds is 4. The van der Waals surface area contributed by atoms with Gasteiger partial charge in [-0.3, -0.25) is 0 Å². The van der Waals surface area contributed by atoms with E-state index in [9.17, 15) is 0 Å². The number of nitrogens with one attached hydrogen (secondary N) is 1. The van der Waals surface area contributed by atoms with E-state index in [1.807, 2.05) is 27.0 Å². The summed E-state index contributed by atoms with van der Waals surface area (Å²) in [5.74, 6) is 0.714. The second-order valence-corrected chi connectivity index (χ2v) is 4.27. The lowest BCUT2D eigenvalue weighted by atomic mass is 10.0. The Morgan fingerprint density at radius 3 is 2.67 bits per heavy atom. The highest BCUT2D eigenvalue weighted by Crippen LogP contribution is 2.18. The van der Waals surface area contributed by atoms with Gasteiger partial charge in [-0.1, -0.05) is 0 Å². The Morgan fingerprint density at radius 1 is 1.28 bits per heavy atom. The molecule has 0 radical (unpaired) electrons. The van der Waals surface area contributed by atoms with Crippen molar-refractivity contribution in [3.63, 3.8) is 0 Å². The summed E-state index contributed by atoms with van der Waals surface area (Å²) in [4.78, 5) is 1.46. The van der Waals surface area contributed by atoms with Gasteiger partial charge in [0.25, 0.3) is 0 Å². The molecule has 2 rings (SSSR count). The first-order valence-electron chi connectivity index (χ1n) is 5.81. The monoisotopic (exact) mass is 247 g/mol. The van der Waals surface area contributed by atoms with Crippen LogP contribution < -0.4 is 5.32 Å². The maximum atomic E-state index is 4.19. The number of tetrazole rings is 1. The van der Waals surface area contributed by atoms with Crippen molar-refractivity contribution >= 4 is 0 Å². The molecule has 0 aliphatic carbocycles. The molecule has 0 bridgehead atoms. The van der Waals surface area contributed by atoms with Gasteiger partial charge < -0.3 is 5.32 Å². The van der Waals surface area contributed by atoms with Crippen LogP contribution in [0.25, 0.3) is 0 Å². The summed E-state index contributed by atoms with van der Waals surface area (Å²) in [5, 5.41) is 23.5. The summed E-state index contributed by atoms with van der Waals surface area (Å²) in [6.45, 7) is 3.89. The first kappa shape index (κ1) is 12.6. The topological polar surface area (TPSA) is 81.4 Å². The lowest BCUT2D eigenvalue weighted by molar-refractivity contribution is 0.562. The van der Waals surface area contributed by atoms with Crippen molar-refractivity contribution < 1.29 is 0 Å². The maximum Gasteiger partial charge on any atom is 0.176 e. The van der Waals surface area contributed by atoms with Crippen LogP contribution in [0.3, 0.4) is 0 Å². The second kappa shape index (κ2) is 5.18. The number of likely N-dealkylation sites (N-methyl/N-ethyl adjacent to an activating group) is 1. The summed E-state index contributed by atoms with van der Waals surface area (Å²) in [5.41, 5.74) is 2.95. The van der Waals surface area contributed by atoms with Gasteiger partial charge >= 0.3 is 0 Å². The maximum absolute atomic E-state index is 4.19. The zero-order valence-corrected chi connectivity index (χ0v) is 11.0. The van der Waals surface area contributed by atoms with E-state index in [1.54, 1.807) is 7.05 Å². The van der Waals surface area contributed by atoms with Crippen LogP contribution in [0.2, 0.25) is 0 Å². The lowest BCUT2D eigenvalue weighted by Gasteiger charge is -2.16. The fourth-order valence-electron chi connectivity index (χ4n) is 1.88. The van der Waals surface area contributed by atoms with Crippen molar-refractivity contribution in [2.24, 2.45) is 7.05 Å². The minimum absolute atomic E-state index is 0.114. The molecule has 1 atom stereocenters. The molecule has 1 N–H and O–H groups in total. The van der Waals surface area contributed by atoms with Crippen LogP contribution in [0.1, 0.15) is 28.8 Å². The number of hydrogen-bond donors (Lipinski definition) is 1. The summed E-state index contributed by atoms with van der Waals surface area (Å²) in [6.07, 6.45) is 0.677. The molecule has 18 heavy (non-hydrogen) atoms. The number of nitrogens with zero attached hydrogens (tertiary/aromatic N) is 6. The van der Waals surface area contributed by atoms with E-state index in [-0.39, 0.29) is 6.04 Å².